The average Bonchev–Trinajstić information content (AvgIpc) is 4.07. The highest BCUT2D eigenvalue weighted by Gasteiger charge is 2.40. The van der Waals surface area contributed by atoms with Gasteiger partial charge in [-0.3, -0.25) is 19.2 Å². The van der Waals surface area contributed by atoms with Crippen LogP contribution < -0.4 is 10.6 Å². The number of nitrogens with zero attached hydrogens (tertiary/aromatic N) is 4. The summed E-state index contributed by atoms with van der Waals surface area (Å²) in [6.07, 6.45) is 10.9. The van der Waals surface area contributed by atoms with Gasteiger partial charge in [0.15, 0.2) is 5.82 Å². The van der Waals surface area contributed by atoms with Crippen LogP contribution in [0, 0.1) is 29.4 Å². The minimum absolute atomic E-state index is 0.00554. The van der Waals surface area contributed by atoms with E-state index < -0.39 is 23.6 Å². The molecule has 3 aliphatic rings. The number of hydrogen-bond donors (Lipinski definition) is 3. The quantitative estimate of drug-likeness (QED) is 0.0986. The molecule has 3 amide bonds. The van der Waals surface area contributed by atoms with Crippen molar-refractivity contribution in [2.75, 3.05) is 20.1 Å². The van der Waals surface area contributed by atoms with Crippen molar-refractivity contribution in [3.63, 3.8) is 0 Å². The molecule has 4 heterocycles. The smallest absolute Gasteiger partial charge is 0.245 e. The summed E-state index contributed by atoms with van der Waals surface area (Å²) in [5.41, 5.74) is 3.31. The van der Waals surface area contributed by atoms with E-state index in [4.69, 9.17) is 4.98 Å². The van der Waals surface area contributed by atoms with Crippen molar-refractivity contribution in [2.45, 2.75) is 148 Å². The fourth-order valence-corrected chi connectivity index (χ4v) is 10.2. The highest BCUT2D eigenvalue weighted by Crippen LogP contribution is 2.38. The van der Waals surface area contributed by atoms with Crippen LogP contribution in [0.1, 0.15) is 117 Å². The Labute approximate surface area is 358 Å². The lowest BCUT2D eigenvalue weighted by molar-refractivity contribution is -0.140. The van der Waals surface area contributed by atoms with Gasteiger partial charge in [-0.1, -0.05) is 46.5 Å². The largest absolute Gasteiger partial charge is 0.352 e. The summed E-state index contributed by atoms with van der Waals surface area (Å²) in [4.78, 5) is 67.9. The van der Waals surface area contributed by atoms with Crippen LogP contribution in [-0.2, 0) is 32.1 Å². The van der Waals surface area contributed by atoms with Crippen LogP contribution in [0.3, 0.4) is 0 Å². The first kappa shape index (κ1) is 44.4. The first-order valence-electron chi connectivity index (χ1n) is 23.0. The number of likely N-dealkylation sites (tertiary alicyclic amines) is 2. The first-order chi connectivity index (χ1) is 29.4. The van der Waals surface area contributed by atoms with Crippen LogP contribution in [-0.4, -0.2) is 92.1 Å². The molecule has 13 heteroatoms. The maximum absolute atomic E-state index is 14.9. The second-order valence-corrected chi connectivity index (χ2v) is 18.1. The number of likely N-dealkylation sites (N-methyl/N-ethyl adjacent to an activating group) is 1. The fourth-order valence-electron chi connectivity index (χ4n) is 10.2. The van der Waals surface area contributed by atoms with Gasteiger partial charge < -0.3 is 30.0 Å². The standard InChI is InChI=1S/C48H65F2N7O4/c1-6-13-32(24-42(58)30(4)51-5)47(60)55-22-11-16-35(55)27-38-37-20-18-33(49)25-39(37)52-44(38)45-53-40-26-34(50)19-21-41(40)57(45)28-36-17-12-23-56(36)48(61)43(31-14-9-8-10-15-31)54-46(59)29(3)7-2/h18-21,25-26,29-32,35-36,43,51-52H,6-17,22-24,27-28H2,1-5H3,(H,54,59). The molecule has 6 atom stereocenters. The van der Waals surface area contributed by atoms with Crippen LogP contribution in [0.15, 0.2) is 36.4 Å². The van der Waals surface area contributed by atoms with Crippen molar-refractivity contribution in [3.8, 4) is 11.5 Å². The number of benzene rings is 2. The number of carbonyl (C=O) groups is 4. The third kappa shape index (κ3) is 9.56. The summed E-state index contributed by atoms with van der Waals surface area (Å²) in [7, 11) is 1.75. The van der Waals surface area contributed by atoms with Gasteiger partial charge in [-0.15, -0.1) is 0 Å². The van der Waals surface area contributed by atoms with Crippen LogP contribution in [0.5, 0.6) is 0 Å². The summed E-state index contributed by atoms with van der Waals surface area (Å²) in [6.45, 7) is 9.29. The minimum atomic E-state index is -0.593. The Morgan fingerprint density at radius 2 is 1.56 bits per heavy atom. The Morgan fingerprint density at radius 1 is 0.869 bits per heavy atom. The molecule has 11 nitrogen and oxygen atoms in total. The van der Waals surface area contributed by atoms with E-state index in [2.05, 4.69) is 20.2 Å². The van der Waals surface area contributed by atoms with E-state index in [0.29, 0.717) is 67.0 Å². The summed E-state index contributed by atoms with van der Waals surface area (Å²) < 4.78 is 31.9. The Hall–Kier alpha value is -4.65. The molecule has 2 aliphatic heterocycles. The number of H-pyrrole nitrogens is 1. The van der Waals surface area contributed by atoms with Gasteiger partial charge in [-0.25, -0.2) is 13.8 Å². The Kier molecular flexibility index (Phi) is 14.3. The fraction of sp³-hybridized carbons (Fsp3) is 0.604. The highest BCUT2D eigenvalue weighted by molar-refractivity contribution is 5.93. The molecule has 3 N–H and O–H groups in total. The molecule has 2 saturated heterocycles. The van der Waals surface area contributed by atoms with E-state index in [1.54, 1.807) is 19.2 Å². The predicted molar refractivity (Wildman–Crippen MR) is 235 cm³/mol. The monoisotopic (exact) mass is 842 g/mol. The number of aromatic nitrogens is 3. The van der Waals surface area contributed by atoms with Crippen molar-refractivity contribution >= 4 is 45.4 Å². The molecule has 330 valence electrons. The Balaban J connectivity index is 1.24. The third-order valence-electron chi connectivity index (χ3n) is 14.1. The topological polar surface area (TPSA) is 132 Å². The van der Waals surface area contributed by atoms with Crippen LogP contribution >= 0.6 is 0 Å². The van der Waals surface area contributed by atoms with E-state index in [0.717, 1.165) is 75.2 Å². The van der Waals surface area contributed by atoms with E-state index in [-0.39, 0.29) is 59.9 Å². The lowest BCUT2D eigenvalue weighted by atomic mass is 9.83. The van der Waals surface area contributed by atoms with Gasteiger partial charge in [0.2, 0.25) is 17.7 Å². The summed E-state index contributed by atoms with van der Waals surface area (Å²) in [5.74, 6) is -0.916. The van der Waals surface area contributed by atoms with Crippen molar-refractivity contribution in [2.24, 2.45) is 17.8 Å². The lowest BCUT2D eigenvalue weighted by Gasteiger charge is -2.35. The van der Waals surface area contributed by atoms with E-state index >= 15 is 0 Å². The second-order valence-electron chi connectivity index (χ2n) is 18.1. The molecular formula is C48H65F2N7O4. The number of ketones is 1. The average molecular weight is 842 g/mol. The van der Waals surface area contributed by atoms with Gasteiger partial charge in [0.1, 0.15) is 23.5 Å². The number of amides is 3. The van der Waals surface area contributed by atoms with Gasteiger partial charge in [-0.2, -0.15) is 0 Å². The summed E-state index contributed by atoms with van der Waals surface area (Å²) in [5, 5.41) is 7.02. The Bertz CT molecular complexity index is 2210. The van der Waals surface area contributed by atoms with Crippen LogP contribution in [0.4, 0.5) is 8.78 Å². The number of halogens is 2. The number of Topliss-reactive ketones (excluding diaryl/α,β-unsaturated/α-hetero) is 1. The first-order valence-corrected chi connectivity index (χ1v) is 23.0. The molecular weight excluding hydrogens is 777 g/mol. The number of hydrogen-bond acceptors (Lipinski definition) is 6. The molecule has 1 saturated carbocycles. The molecule has 3 fully saturated rings. The Morgan fingerprint density at radius 3 is 2.26 bits per heavy atom. The van der Waals surface area contributed by atoms with Gasteiger partial charge >= 0.3 is 0 Å². The van der Waals surface area contributed by atoms with Gasteiger partial charge in [0, 0.05) is 66.9 Å². The molecule has 61 heavy (non-hydrogen) atoms. The van der Waals surface area contributed by atoms with E-state index in [1.165, 1.54) is 24.3 Å². The summed E-state index contributed by atoms with van der Waals surface area (Å²) >= 11 is 0. The molecule has 0 radical (unpaired) electrons. The predicted octanol–water partition coefficient (Wildman–Crippen LogP) is 8.08. The van der Waals surface area contributed by atoms with E-state index in [1.807, 2.05) is 37.5 Å². The molecule has 1 aliphatic carbocycles. The number of carbonyl (C=O) groups excluding carboxylic acids is 4. The van der Waals surface area contributed by atoms with Crippen molar-refractivity contribution in [3.05, 3.63) is 53.6 Å². The zero-order valence-corrected chi connectivity index (χ0v) is 36.7. The minimum Gasteiger partial charge on any atom is -0.352 e. The normalized spacial score (nSPS) is 20.6. The number of aromatic amines is 1. The molecule has 2 aromatic carbocycles. The number of fused-ring (bicyclic) bond motifs is 2. The number of nitrogens with one attached hydrogen (secondary N) is 3. The van der Waals surface area contributed by atoms with Crippen molar-refractivity contribution < 1.29 is 28.0 Å². The number of imidazole rings is 1. The molecule has 2 aromatic heterocycles. The van der Waals surface area contributed by atoms with Crippen LogP contribution in [0.25, 0.3) is 33.5 Å². The molecule has 6 unspecified atom stereocenters. The zero-order chi connectivity index (χ0) is 43.4. The second kappa shape index (κ2) is 19.6. The highest BCUT2D eigenvalue weighted by atomic mass is 19.1. The van der Waals surface area contributed by atoms with Gasteiger partial charge in [-0.05, 0) is 114 Å². The van der Waals surface area contributed by atoms with E-state index in [9.17, 15) is 28.0 Å². The zero-order valence-electron chi connectivity index (χ0n) is 36.7. The summed E-state index contributed by atoms with van der Waals surface area (Å²) in [6, 6.07) is 7.93. The molecule has 0 bridgehead atoms. The lowest BCUT2D eigenvalue weighted by Crippen LogP contribution is -2.55. The number of rotatable bonds is 17. The van der Waals surface area contributed by atoms with Crippen LogP contribution in [0.2, 0.25) is 0 Å². The molecule has 0 spiro atoms. The molecule has 4 aromatic rings. The maximum atomic E-state index is 14.9. The van der Waals surface area contributed by atoms with Crippen molar-refractivity contribution in [1.29, 1.82) is 0 Å². The SMILES string of the molecule is CCCC(CC(=O)C(C)NC)C(=O)N1CCCC1Cc1c(-c2nc3cc(F)ccc3n2CC2CCCN2C(=O)C(NC(=O)C(C)CC)C2CCCCC2)[nH]c2cc(F)ccc12. The van der Waals surface area contributed by atoms with Gasteiger partial charge in [0.05, 0.1) is 22.8 Å². The maximum Gasteiger partial charge on any atom is 0.245 e. The van der Waals surface area contributed by atoms with Gasteiger partial charge in [0.25, 0.3) is 0 Å². The molecule has 7 rings (SSSR count). The third-order valence-corrected chi connectivity index (χ3v) is 14.1. The van der Waals surface area contributed by atoms with Crippen molar-refractivity contribution in [1.82, 2.24) is 35.0 Å².